The van der Waals surface area contributed by atoms with Gasteiger partial charge in [-0.1, -0.05) is 0 Å². The fourth-order valence-electron chi connectivity index (χ4n) is 2.08. The highest BCUT2D eigenvalue weighted by molar-refractivity contribution is 14.1. The molecule has 3 rings (SSSR count). The number of hydrogen-bond acceptors (Lipinski definition) is 5. The van der Waals surface area contributed by atoms with Crippen molar-refractivity contribution < 1.29 is 13.9 Å². The number of aryl methyl sites for hydroxylation is 1. The van der Waals surface area contributed by atoms with Crippen molar-refractivity contribution >= 4 is 34.2 Å². The minimum absolute atomic E-state index is 0.152. The molecule has 7 nitrogen and oxygen atoms in total. The molecule has 1 heterocycles. The molecule has 0 saturated carbocycles. The topological polar surface area (TPSA) is 81.9 Å². The number of nitrogens with zero attached hydrogens (tertiary/aromatic N) is 4. The molecule has 3 aromatic rings. The Balaban J connectivity index is 1.67. The van der Waals surface area contributed by atoms with Gasteiger partial charge in [-0.05, 0) is 82.4 Å². The molecule has 2 aromatic carbocycles. The van der Waals surface area contributed by atoms with Crippen LogP contribution in [0.1, 0.15) is 5.82 Å². The van der Waals surface area contributed by atoms with Crippen LogP contribution in [0.4, 0.5) is 10.1 Å². The van der Waals surface area contributed by atoms with E-state index in [1.165, 1.54) is 22.9 Å². The van der Waals surface area contributed by atoms with Gasteiger partial charge >= 0.3 is 0 Å². The summed E-state index contributed by atoms with van der Waals surface area (Å²) in [6.07, 6.45) is 0. The molecule has 128 valence electrons. The Morgan fingerprint density at radius 1 is 1.28 bits per heavy atom. The van der Waals surface area contributed by atoms with Crippen LogP contribution < -0.4 is 10.1 Å². The number of amides is 1. The zero-order valence-electron chi connectivity index (χ0n) is 13.1. The van der Waals surface area contributed by atoms with E-state index in [1.807, 2.05) is 12.1 Å². The van der Waals surface area contributed by atoms with Crippen molar-refractivity contribution in [3.8, 4) is 11.4 Å². The SMILES string of the molecule is Cc1nnnn1-c1cc(NC(=O)COc2ccc(I)cc2)ccc1F. The molecule has 0 radical (unpaired) electrons. The average molecular weight is 453 g/mol. The van der Waals surface area contributed by atoms with Crippen molar-refractivity contribution in [3.05, 3.63) is 57.7 Å². The van der Waals surface area contributed by atoms with E-state index in [2.05, 4.69) is 43.4 Å². The fraction of sp³-hybridized carbons (Fsp3) is 0.125. The van der Waals surface area contributed by atoms with Gasteiger partial charge in [0.15, 0.2) is 12.4 Å². The number of tetrazole rings is 1. The van der Waals surface area contributed by atoms with Crippen molar-refractivity contribution in [1.29, 1.82) is 0 Å². The number of nitrogens with one attached hydrogen (secondary N) is 1. The third-order valence-electron chi connectivity index (χ3n) is 3.27. The summed E-state index contributed by atoms with van der Waals surface area (Å²) in [6, 6.07) is 11.5. The lowest BCUT2D eigenvalue weighted by molar-refractivity contribution is -0.118. The van der Waals surface area contributed by atoms with Crippen LogP contribution in [-0.4, -0.2) is 32.7 Å². The monoisotopic (exact) mass is 453 g/mol. The van der Waals surface area contributed by atoms with Crippen LogP contribution >= 0.6 is 22.6 Å². The molecule has 0 aliphatic heterocycles. The lowest BCUT2D eigenvalue weighted by Crippen LogP contribution is -2.20. The number of rotatable bonds is 5. The molecule has 0 aliphatic carbocycles. The number of aromatic nitrogens is 4. The molecule has 1 aromatic heterocycles. The van der Waals surface area contributed by atoms with Crippen molar-refractivity contribution in [2.24, 2.45) is 0 Å². The van der Waals surface area contributed by atoms with Crippen LogP contribution in [0, 0.1) is 16.3 Å². The number of hydrogen-bond donors (Lipinski definition) is 1. The van der Waals surface area contributed by atoms with E-state index in [9.17, 15) is 9.18 Å². The van der Waals surface area contributed by atoms with Crippen molar-refractivity contribution in [2.75, 3.05) is 11.9 Å². The van der Waals surface area contributed by atoms with Gasteiger partial charge in [0.05, 0.1) is 0 Å². The summed E-state index contributed by atoms with van der Waals surface area (Å²) in [5, 5.41) is 13.6. The Hall–Kier alpha value is -2.56. The van der Waals surface area contributed by atoms with E-state index in [1.54, 1.807) is 19.1 Å². The van der Waals surface area contributed by atoms with Crippen LogP contribution in [0.2, 0.25) is 0 Å². The second-order valence-corrected chi connectivity index (χ2v) is 6.34. The molecule has 0 saturated heterocycles. The molecule has 1 amide bonds. The van der Waals surface area contributed by atoms with Gasteiger partial charge in [0, 0.05) is 9.26 Å². The van der Waals surface area contributed by atoms with E-state index >= 15 is 0 Å². The van der Waals surface area contributed by atoms with Gasteiger partial charge in [-0.3, -0.25) is 4.79 Å². The quantitative estimate of drug-likeness (QED) is 0.601. The maximum absolute atomic E-state index is 14.0. The summed E-state index contributed by atoms with van der Waals surface area (Å²) < 4.78 is 21.7. The number of benzene rings is 2. The first kappa shape index (κ1) is 17.3. The van der Waals surface area contributed by atoms with Crippen LogP contribution in [0.25, 0.3) is 5.69 Å². The van der Waals surface area contributed by atoms with E-state index in [-0.39, 0.29) is 18.2 Å². The van der Waals surface area contributed by atoms with Crippen LogP contribution in [0.3, 0.4) is 0 Å². The third-order valence-corrected chi connectivity index (χ3v) is 3.99. The first-order valence-electron chi connectivity index (χ1n) is 7.26. The van der Waals surface area contributed by atoms with Gasteiger partial charge < -0.3 is 10.1 Å². The standard InChI is InChI=1S/C16H13FIN5O2/c1-10-20-21-22-23(10)15-8-12(4-7-14(15)17)19-16(24)9-25-13-5-2-11(18)3-6-13/h2-8H,9H2,1H3,(H,19,24). The number of carbonyl (C=O) groups excluding carboxylic acids is 1. The largest absolute Gasteiger partial charge is 0.484 e. The molecule has 9 heteroatoms. The average Bonchev–Trinajstić information content (AvgIpc) is 3.02. The molecule has 0 fully saturated rings. The summed E-state index contributed by atoms with van der Waals surface area (Å²) >= 11 is 2.18. The number of ether oxygens (including phenoxy) is 1. The highest BCUT2D eigenvalue weighted by Crippen LogP contribution is 2.19. The summed E-state index contributed by atoms with van der Waals surface area (Å²) in [7, 11) is 0. The van der Waals surface area contributed by atoms with Crippen molar-refractivity contribution in [2.45, 2.75) is 6.92 Å². The number of anilines is 1. The molecule has 25 heavy (non-hydrogen) atoms. The predicted molar refractivity (Wildman–Crippen MR) is 97.1 cm³/mol. The second kappa shape index (κ2) is 7.55. The fourth-order valence-corrected chi connectivity index (χ4v) is 2.44. The van der Waals surface area contributed by atoms with Gasteiger partial charge in [0.1, 0.15) is 17.3 Å². The van der Waals surface area contributed by atoms with Crippen LogP contribution in [0.5, 0.6) is 5.75 Å². The first-order valence-corrected chi connectivity index (χ1v) is 8.34. The number of carbonyl (C=O) groups is 1. The molecular formula is C16H13FIN5O2. The molecule has 0 aliphatic rings. The normalized spacial score (nSPS) is 10.5. The van der Waals surface area contributed by atoms with Gasteiger partial charge in [0.25, 0.3) is 5.91 Å². The number of halogens is 2. The minimum atomic E-state index is -0.497. The highest BCUT2D eigenvalue weighted by Gasteiger charge is 2.12. The van der Waals surface area contributed by atoms with Gasteiger partial charge in [-0.15, -0.1) is 5.10 Å². The van der Waals surface area contributed by atoms with Crippen molar-refractivity contribution in [3.63, 3.8) is 0 Å². The summed E-state index contributed by atoms with van der Waals surface area (Å²) in [5.41, 5.74) is 0.571. The predicted octanol–water partition coefficient (Wildman–Crippen LogP) is 2.73. The summed E-state index contributed by atoms with van der Waals surface area (Å²) in [4.78, 5) is 12.0. The van der Waals surface area contributed by atoms with Crippen LogP contribution in [-0.2, 0) is 4.79 Å². The summed E-state index contributed by atoms with van der Waals surface area (Å²) in [6.45, 7) is 1.50. The Morgan fingerprint density at radius 3 is 2.72 bits per heavy atom. The van der Waals surface area contributed by atoms with Crippen LogP contribution in [0.15, 0.2) is 42.5 Å². The molecule has 0 unspecified atom stereocenters. The molecule has 1 N–H and O–H groups in total. The second-order valence-electron chi connectivity index (χ2n) is 5.09. The van der Waals surface area contributed by atoms with E-state index < -0.39 is 5.82 Å². The zero-order chi connectivity index (χ0) is 17.8. The van der Waals surface area contributed by atoms with Gasteiger partial charge in [-0.2, -0.15) is 4.68 Å². The van der Waals surface area contributed by atoms with Crippen molar-refractivity contribution in [1.82, 2.24) is 20.2 Å². The van der Waals surface area contributed by atoms with Gasteiger partial charge in [-0.25, -0.2) is 4.39 Å². The molecule has 0 bridgehead atoms. The smallest absolute Gasteiger partial charge is 0.262 e. The molecule has 0 atom stereocenters. The Kier molecular flexibility index (Phi) is 5.22. The Morgan fingerprint density at radius 2 is 2.04 bits per heavy atom. The molecular weight excluding hydrogens is 440 g/mol. The Bertz CT molecular complexity index is 898. The maximum atomic E-state index is 14.0. The first-order chi connectivity index (χ1) is 12.0. The zero-order valence-corrected chi connectivity index (χ0v) is 15.3. The molecule has 0 spiro atoms. The minimum Gasteiger partial charge on any atom is -0.484 e. The maximum Gasteiger partial charge on any atom is 0.262 e. The van der Waals surface area contributed by atoms with E-state index in [0.717, 1.165) is 3.57 Å². The highest BCUT2D eigenvalue weighted by atomic mass is 127. The van der Waals surface area contributed by atoms with E-state index in [0.29, 0.717) is 17.3 Å². The third kappa shape index (κ3) is 4.29. The lowest BCUT2D eigenvalue weighted by atomic mass is 10.2. The lowest BCUT2D eigenvalue weighted by Gasteiger charge is -2.10. The summed E-state index contributed by atoms with van der Waals surface area (Å²) in [5.74, 6) is 0.178. The Labute approximate surface area is 156 Å². The van der Waals surface area contributed by atoms with Gasteiger partial charge in [0.2, 0.25) is 0 Å². The van der Waals surface area contributed by atoms with E-state index in [4.69, 9.17) is 4.74 Å².